The summed E-state index contributed by atoms with van der Waals surface area (Å²) in [5.41, 5.74) is 2.06. The van der Waals surface area contributed by atoms with Gasteiger partial charge in [0.05, 0.1) is 10.6 Å². The van der Waals surface area contributed by atoms with Crippen LogP contribution in [0.5, 0.6) is 0 Å². The molecule has 6 heteroatoms. The first kappa shape index (κ1) is 16.4. The van der Waals surface area contributed by atoms with Crippen molar-refractivity contribution in [2.24, 2.45) is 0 Å². The first-order chi connectivity index (χ1) is 11.6. The second-order valence-electron chi connectivity index (χ2n) is 4.97. The predicted octanol–water partition coefficient (Wildman–Crippen LogP) is 5.45. The van der Waals surface area contributed by atoms with Crippen LogP contribution in [-0.4, -0.2) is 10.9 Å². The van der Waals surface area contributed by atoms with E-state index in [0.29, 0.717) is 16.8 Å². The number of nitrogens with zero attached hydrogens (tertiary/aromatic N) is 1. The van der Waals surface area contributed by atoms with Gasteiger partial charge in [0.2, 0.25) is 0 Å². The van der Waals surface area contributed by atoms with Crippen molar-refractivity contribution in [1.82, 2.24) is 4.98 Å². The molecule has 0 bridgehead atoms. The zero-order valence-corrected chi connectivity index (χ0v) is 13.8. The van der Waals surface area contributed by atoms with Gasteiger partial charge in [-0.05, 0) is 35.9 Å². The van der Waals surface area contributed by atoms with Crippen LogP contribution in [0.3, 0.4) is 0 Å². The smallest absolute Gasteiger partial charge is 0.258 e. The molecular weight excluding hydrogens is 350 g/mol. The van der Waals surface area contributed by atoms with E-state index in [9.17, 15) is 9.18 Å². The molecule has 3 nitrogen and oxygen atoms in total. The Morgan fingerprint density at radius 2 is 1.83 bits per heavy atom. The third kappa shape index (κ3) is 3.40. The molecule has 0 aliphatic carbocycles. The fourth-order valence-corrected chi connectivity index (χ4v) is 2.58. The van der Waals surface area contributed by atoms with Crippen LogP contribution in [0.2, 0.25) is 10.2 Å². The lowest BCUT2D eigenvalue weighted by atomic mass is 10.0. The van der Waals surface area contributed by atoms with Crippen molar-refractivity contribution in [2.75, 3.05) is 5.32 Å². The monoisotopic (exact) mass is 360 g/mol. The number of amides is 1. The van der Waals surface area contributed by atoms with E-state index in [4.69, 9.17) is 23.2 Å². The molecule has 0 aliphatic heterocycles. The lowest BCUT2D eigenvalue weighted by molar-refractivity contribution is 0.102. The first-order valence-corrected chi connectivity index (χ1v) is 7.78. The quantitative estimate of drug-likeness (QED) is 0.631. The highest BCUT2D eigenvalue weighted by molar-refractivity contribution is 6.33. The number of carbonyl (C=O) groups excluding carboxylic acids is 1. The van der Waals surface area contributed by atoms with E-state index in [1.54, 1.807) is 42.5 Å². The number of halogens is 3. The third-order valence-corrected chi connectivity index (χ3v) is 4.02. The van der Waals surface area contributed by atoms with Crippen LogP contribution >= 0.6 is 23.2 Å². The minimum atomic E-state index is -0.523. The van der Waals surface area contributed by atoms with Gasteiger partial charge in [0, 0.05) is 17.4 Å². The molecule has 0 radical (unpaired) electrons. The number of rotatable bonds is 3. The molecule has 1 heterocycles. The minimum absolute atomic E-state index is 0.0439. The normalized spacial score (nSPS) is 10.5. The average Bonchev–Trinajstić information content (AvgIpc) is 2.58. The van der Waals surface area contributed by atoms with Crippen molar-refractivity contribution >= 4 is 34.8 Å². The number of aromatic nitrogens is 1. The molecule has 1 aromatic heterocycles. The summed E-state index contributed by atoms with van der Waals surface area (Å²) in [6.07, 6.45) is 1.50. The van der Waals surface area contributed by atoms with Gasteiger partial charge in [0.25, 0.3) is 5.91 Å². The van der Waals surface area contributed by atoms with Gasteiger partial charge in [-0.25, -0.2) is 9.37 Å². The van der Waals surface area contributed by atoms with Crippen molar-refractivity contribution in [2.45, 2.75) is 0 Å². The standard InChI is InChI=1S/C18H11Cl2FN2O/c19-14-8-7-11(10-15(14)21)12-4-1-2-6-16(12)23-18(24)13-5-3-9-22-17(13)20/h1-10H,(H,23,24). The van der Waals surface area contributed by atoms with E-state index in [1.807, 2.05) is 0 Å². The second-order valence-corrected chi connectivity index (χ2v) is 5.74. The molecule has 0 aliphatic rings. The summed E-state index contributed by atoms with van der Waals surface area (Å²) < 4.78 is 13.7. The van der Waals surface area contributed by atoms with Gasteiger partial charge in [-0.15, -0.1) is 0 Å². The zero-order valence-electron chi connectivity index (χ0n) is 12.3. The zero-order chi connectivity index (χ0) is 17.1. The molecule has 0 saturated carbocycles. The Morgan fingerprint density at radius 1 is 1.04 bits per heavy atom. The highest BCUT2D eigenvalue weighted by Gasteiger charge is 2.14. The van der Waals surface area contributed by atoms with E-state index in [-0.39, 0.29) is 15.7 Å². The molecule has 120 valence electrons. The lowest BCUT2D eigenvalue weighted by Crippen LogP contribution is -2.13. The van der Waals surface area contributed by atoms with E-state index < -0.39 is 11.7 Å². The summed E-state index contributed by atoms with van der Waals surface area (Å²) in [4.78, 5) is 16.3. The maximum Gasteiger partial charge on any atom is 0.258 e. The largest absolute Gasteiger partial charge is 0.321 e. The van der Waals surface area contributed by atoms with Crippen LogP contribution < -0.4 is 5.32 Å². The number of hydrogen-bond donors (Lipinski definition) is 1. The maximum absolute atomic E-state index is 13.7. The summed E-state index contributed by atoms with van der Waals surface area (Å²) in [5, 5.41) is 2.94. The summed E-state index contributed by atoms with van der Waals surface area (Å²) >= 11 is 11.7. The molecule has 1 amide bonds. The van der Waals surface area contributed by atoms with Gasteiger partial charge in [-0.1, -0.05) is 47.5 Å². The Bertz CT molecular complexity index is 915. The predicted molar refractivity (Wildman–Crippen MR) is 94.0 cm³/mol. The Hall–Kier alpha value is -2.43. The van der Waals surface area contributed by atoms with Crippen molar-refractivity contribution in [3.8, 4) is 11.1 Å². The van der Waals surface area contributed by atoms with Crippen LogP contribution in [0.1, 0.15) is 10.4 Å². The van der Waals surface area contributed by atoms with Crippen molar-refractivity contribution in [3.63, 3.8) is 0 Å². The van der Waals surface area contributed by atoms with E-state index in [0.717, 1.165) is 0 Å². The van der Waals surface area contributed by atoms with Crippen LogP contribution in [0, 0.1) is 5.82 Å². The molecule has 0 unspecified atom stereocenters. The fourth-order valence-electron chi connectivity index (χ4n) is 2.25. The molecule has 0 fully saturated rings. The fraction of sp³-hybridized carbons (Fsp3) is 0. The van der Waals surface area contributed by atoms with Gasteiger partial charge >= 0.3 is 0 Å². The summed E-state index contributed by atoms with van der Waals surface area (Å²) in [7, 11) is 0. The molecule has 3 aromatic rings. The number of hydrogen-bond acceptors (Lipinski definition) is 2. The number of pyridine rings is 1. The van der Waals surface area contributed by atoms with Crippen molar-refractivity contribution in [3.05, 3.63) is 82.4 Å². The number of carbonyl (C=O) groups is 1. The highest BCUT2D eigenvalue weighted by atomic mass is 35.5. The SMILES string of the molecule is O=C(Nc1ccccc1-c1ccc(Cl)c(F)c1)c1cccnc1Cl. The molecule has 0 spiro atoms. The molecule has 1 N–H and O–H groups in total. The molecule has 3 rings (SSSR count). The molecule has 0 saturated heterocycles. The van der Waals surface area contributed by atoms with Crippen molar-refractivity contribution < 1.29 is 9.18 Å². The van der Waals surface area contributed by atoms with Gasteiger partial charge in [0.15, 0.2) is 0 Å². The molecular formula is C18H11Cl2FN2O. The maximum atomic E-state index is 13.7. The molecule has 0 atom stereocenters. The van der Waals surface area contributed by atoms with Gasteiger partial charge in [0.1, 0.15) is 11.0 Å². The average molecular weight is 361 g/mol. The van der Waals surface area contributed by atoms with E-state index in [2.05, 4.69) is 10.3 Å². The number of para-hydroxylation sites is 1. The topological polar surface area (TPSA) is 42.0 Å². The number of benzene rings is 2. The van der Waals surface area contributed by atoms with Crippen molar-refractivity contribution in [1.29, 1.82) is 0 Å². The number of nitrogens with one attached hydrogen (secondary N) is 1. The Kier molecular flexibility index (Phi) is 4.79. The summed E-state index contributed by atoms with van der Waals surface area (Å²) in [6.45, 7) is 0. The van der Waals surface area contributed by atoms with Gasteiger partial charge < -0.3 is 5.32 Å². The molecule has 2 aromatic carbocycles. The first-order valence-electron chi connectivity index (χ1n) is 7.02. The lowest BCUT2D eigenvalue weighted by Gasteiger charge is -2.12. The van der Waals surface area contributed by atoms with E-state index in [1.165, 1.54) is 18.3 Å². The number of anilines is 1. The molecule has 24 heavy (non-hydrogen) atoms. The Morgan fingerprint density at radius 3 is 2.58 bits per heavy atom. The highest BCUT2D eigenvalue weighted by Crippen LogP contribution is 2.30. The van der Waals surface area contributed by atoms with Crippen LogP contribution in [0.25, 0.3) is 11.1 Å². The van der Waals surface area contributed by atoms with Crippen LogP contribution in [0.15, 0.2) is 60.8 Å². The van der Waals surface area contributed by atoms with Crippen LogP contribution in [-0.2, 0) is 0 Å². The second kappa shape index (κ2) is 6.99. The third-order valence-electron chi connectivity index (χ3n) is 3.41. The summed E-state index contributed by atoms with van der Waals surface area (Å²) in [6, 6.07) is 14.8. The van der Waals surface area contributed by atoms with Gasteiger partial charge in [-0.3, -0.25) is 4.79 Å². The Balaban J connectivity index is 1.96. The Labute approximate surface area is 148 Å². The van der Waals surface area contributed by atoms with Gasteiger partial charge in [-0.2, -0.15) is 0 Å². The van der Waals surface area contributed by atoms with Crippen LogP contribution in [0.4, 0.5) is 10.1 Å². The van der Waals surface area contributed by atoms with E-state index >= 15 is 0 Å². The summed E-state index contributed by atoms with van der Waals surface area (Å²) in [5.74, 6) is -0.916. The minimum Gasteiger partial charge on any atom is -0.321 e.